The molecule has 1 aromatic heterocycles. The first-order valence-corrected chi connectivity index (χ1v) is 11.4. The zero-order valence-electron chi connectivity index (χ0n) is 19.9. The molecule has 2 heterocycles. The Kier molecular flexibility index (Phi) is 8.22. The van der Waals surface area contributed by atoms with Crippen LogP contribution in [0.4, 0.5) is 0 Å². The number of amides is 1. The normalized spacial score (nSPS) is 17.7. The van der Waals surface area contributed by atoms with E-state index in [2.05, 4.69) is 11.9 Å². The highest BCUT2D eigenvalue weighted by Gasteiger charge is 2.46. The number of aromatic nitrogens is 1. The van der Waals surface area contributed by atoms with Crippen molar-refractivity contribution in [2.24, 2.45) is 0 Å². The monoisotopic (exact) mass is 451 g/mol. The number of aliphatic hydroxyl groups is 1. The molecule has 0 spiro atoms. The third-order valence-electron chi connectivity index (χ3n) is 5.76. The van der Waals surface area contributed by atoms with E-state index in [0.717, 1.165) is 24.9 Å². The second kappa shape index (κ2) is 11.1. The van der Waals surface area contributed by atoms with Crippen molar-refractivity contribution in [1.29, 1.82) is 0 Å². The van der Waals surface area contributed by atoms with Gasteiger partial charge in [-0.1, -0.05) is 19.4 Å². The Hall–Kier alpha value is -3.19. The Bertz CT molecular complexity index is 1020. The van der Waals surface area contributed by atoms with Crippen LogP contribution >= 0.6 is 0 Å². The fraction of sp³-hybridized carbons (Fsp3) is 0.423. The highest BCUT2D eigenvalue weighted by atomic mass is 16.5. The van der Waals surface area contributed by atoms with Crippen molar-refractivity contribution in [1.82, 2.24) is 14.8 Å². The molecule has 176 valence electrons. The first kappa shape index (κ1) is 24.5. The number of unbranched alkanes of at least 4 members (excludes halogenated alkanes) is 1. The van der Waals surface area contributed by atoms with Crippen molar-refractivity contribution in [2.75, 3.05) is 33.8 Å². The molecule has 1 atom stereocenters. The Morgan fingerprint density at radius 3 is 2.64 bits per heavy atom. The molecule has 1 N–H and O–H groups in total. The minimum Gasteiger partial charge on any atom is -0.507 e. The van der Waals surface area contributed by atoms with Gasteiger partial charge in [0.15, 0.2) is 0 Å². The van der Waals surface area contributed by atoms with Gasteiger partial charge >= 0.3 is 0 Å². The minimum atomic E-state index is -0.680. The second-order valence-electron chi connectivity index (χ2n) is 8.61. The number of nitrogens with zero attached hydrogens (tertiary/aromatic N) is 3. The molecule has 0 radical (unpaired) electrons. The van der Waals surface area contributed by atoms with E-state index >= 15 is 0 Å². The summed E-state index contributed by atoms with van der Waals surface area (Å²) in [5, 5.41) is 11.3. The van der Waals surface area contributed by atoms with E-state index in [1.54, 1.807) is 35.5 Å². The van der Waals surface area contributed by atoms with Gasteiger partial charge in [-0.15, -0.1) is 0 Å². The van der Waals surface area contributed by atoms with Crippen molar-refractivity contribution in [3.8, 4) is 5.75 Å². The van der Waals surface area contributed by atoms with Gasteiger partial charge in [0, 0.05) is 24.5 Å². The van der Waals surface area contributed by atoms with Crippen molar-refractivity contribution in [3.63, 3.8) is 0 Å². The second-order valence-corrected chi connectivity index (χ2v) is 8.61. The summed E-state index contributed by atoms with van der Waals surface area (Å²) in [5.41, 5.74) is 2.07. The average molecular weight is 452 g/mol. The molecular formula is C26H33N3O4. The summed E-state index contributed by atoms with van der Waals surface area (Å²) < 4.78 is 5.76. The standard InChI is InChI=1S/C26H33N3O4/c1-5-6-15-33-20-10-11-21(18(2)16-20)24(30)22-23(19-9-7-12-27-17-19)29(26(32)25(22)31)14-8-13-28(3)4/h7,9-12,16-17,23,30H,5-6,8,13-15H2,1-4H3/t23-/m0/s1. The molecular weight excluding hydrogens is 418 g/mol. The molecule has 1 saturated heterocycles. The Morgan fingerprint density at radius 2 is 2.00 bits per heavy atom. The quantitative estimate of drug-likeness (QED) is 0.255. The number of carbonyl (C=O) groups excluding carboxylic acids is 2. The van der Waals surface area contributed by atoms with Crippen LogP contribution in [0.5, 0.6) is 5.75 Å². The molecule has 7 nitrogen and oxygen atoms in total. The van der Waals surface area contributed by atoms with Gasteiger partial charge in [0.2, 0.25) is 0 Å². The van der Waals surface area contributed by atoms with Crippen molar-refractivity contribution in [3.05, 3.63) is 65.0 Å². The highest BCUT2D eigenvalue weighted by molar-refractivity contribution is 6.46. The number of benzene rings is 1. The fourth-order valence-corrected chi connectivity index (χ4v) is 4.02. The zero-order chi connectivity index (χ0) is 24.0. The van der Waals surface area contributed by atoms with Crippen LogP contribution in [0, 0.1) is 6.92 Å². The molecule has 1 aliphatic rings. The lowest BCUT2D eigenvalue weighted by Crippen LogP contribution is -2.32. The van der Waals surface area contributed by atoms with E-state index in [1.807, 2.05) is 38.1 Å². The number of ether oxygens (including phenoxy) is 1. The lowest BCUT2D eigenvalue weighted by Gasteiger charge is -2.25. The maximum atomic E-state index is 13.1. The molecule has 1 aromatic carbocycles. The van der Waals surface area contributed by atoms with Crippen LogP contribution < -0.4 is 4.74 Å². The van der Waals surface area contributed by atoms with Crippen LogP contribution in [0.25, 0.3) is 5.76 Å². The maximum absolute atomic E-state index is 13.1. The van der Waals surface area contributed by atoms with Crippen molar-refractivity contribution >= 4 is 17.4 Å². The van der Waals surface area contributed by atoms with Crippen molar-refractivity contribution in [2.45, 2.75) is 39.2 Å². The first-order valence-electron chi connectivity index (χ1n) is 11.4. The van der Waals surface area contributed by atoms with Crippen LogP contribution in [0.3, 0.4) is 0 Å². The molecule has 1 fully saturated rings. The number of carbonyl (C=O) groups is 2. The lowest BCUT2D eigenvalue weighted by molar-refractivity contribution is -0.139. The molecule has 1 amide bonds. The number of hydrogen-bond acceptors (Lipinski definition) is 6. The van der Waals surface area contributed by atoms with E-state index in [9.17, 15) is 14.7 Å². The van der Waals surface area contributed by atoms with Crippen LogP contribution in [0.2, 0.25) is 0 Å². The molecule has 0 saturated carbocycles. The number of pyridine rings is 1. The van der Waals surface area contributed by atoms with Gasteiger partial charge < -0.3 is 19.6 Å². The molecule has 7 heteroatoms. The summed E-state index contributed by atoms with van der Waals surface area (Å²) in [6.07, 6.45) is 5.99. The van der Waals surface area contributed by atoms with E-state index in [1.165, 1.54) is 0 Å². The Morgan fingerprint density at radius 1 is 1.21 bits per heavy atom. The largest absolute Gasteiger partial charge is 0.507 e. The molecule has 0 unspecified atom stereocenters. The number of Topliss-reactive ketones (excluding diaryl/α,β-unsaturated/α-hetero) is 1. The van der Waals surface area contributed by atoms with Gasteiger partial charge in [-0.3, -0.25) is 14.6 Å². The fourth-order valence-electron chi connectivity index (χ4n) is 4.02. The Balaban J connectivity index is 2.00. The third-order valence-corrected chi connectivity index (χ3v) is 5.76. The number of aliphatic hydroxyl groups excluding tert-OH is 1. The van der Waals surface area contributed by atoms with Crippen LogP contribution in [-0.4, -0.2) is 65.4 Å². The first-order chi connectivity index (χ1) is 15.8. The summed E-state index contributed by atoms with van der Waals surface area (Å²) in [6, 6.07) is 8.28. The van der Waals surface area contributed by atoms with E-state index in [4.69, 9.17) is 4.74 Å². The van der Waals surface area contributed by atoms with Crippen molar-refractivity contribution < 1.29 is 19.4 Å². The Labute approximate surface area is 195 Å². The number of rotatable bonds is 10. The molecule has 1 aliphatic heterocycles. The van der Waals surface area contributed by atoms with Crippen LogP contribution in [0.15, 0.2) is 48.3 Å². The number of aryl methyl sites for hydroxylation is 1. The van der Waals surface area contributed by atoms with E-state index in [0.29, 0.717) is 36.4 Å². The van der Waals surface area contributed by atoms with Gasteiger partial charge in [0.1, 0.15) is 11.5 Å². The van der Waals surface area contributed by atoms with E-state index in [-0.39, 0.29) is 11.3 Å². The predicted molar refractivity (Wildman–Crippen MR) is 128 cm³/mol. The van der Waals surface area contributed by atoms with Crippen LogP contribution in [0.1, 0.15) is 48.9 Å². The van der Waals surface area contributed by atoms with Gasteiger partial charge in [0.25, 0.3) is 11.7 Å². The minimum absolute atomic E-state index is 0.0978. The molecule has 0 bridgehead atoms. The van der Waals surface area contributed by atoms with Gasteiger partial charge in [-0.05, 0) is 75.8 Å². The third kappa shape index (κ3) is 5.60. The molecule has 3 rings (SSSR count). The maximum Gasteiger partial charge on any atom is 0.295 e. The number of ketones is 1. The summed E-state index contributed by atoms with van der Waals surface area (Å²) in [4.78, 5) is 33.8. The smallest absolute Gasteiger partial charge is 0.295 e. The molecule has 0 aliphatic carbocycles. The summed E-state index contributed by atoms with van der Waals surface area (Å²) >= 11 is 0. The van der Waals surface area contributed by atoms with E-state index < -0.39 is 17.7 Å². The van der Waals surface area contributed by atoms with Gasteiger partial charge in [0.05, 0.1) is 18.2 Å². The van der Waals surface area contributed by atoms with Gasteiger partial charge in [-0.25, -0.2) is 0 Å². The number of likely N-dealkylation sites (tertiary alicyclic amines) is 1. The van der Waals surface area contributed by atoms with Gasteiger partial charge in [-0.2, -0.15) is 0 Å². The zero-order valence-corrected chi connectivity index (χ0v) is 19.9. The average Bonchev–Trinajstić information content (AvgIpc) is 3.04. The molecule has 33 heavy (non-hydrogen) atoms. The topological polar surface area (TPSA) is 83.0 Å². The summed E-state index contributed by atoms with van der Waals surface area (Å²) in [6.45, 7) is 5.77. The summed E-state index contributed by atoms with van der Waals surface area (Å²) in [7, 11) is 3.93. The lowest BCUT2D eigenvalue weighted by atomic mass is 9.94. The summed E-state index contributed by atoms with van der Waals surface area (Å²) in [5.74, 6) is -0.726. The number of hydrogen-bond donors (Lipinski definition) is 1. The molecule has 2 aromatic rings. The predicted octanol–water partition coefficient (Wildman–Crippen LogP) is 3.94. The van der Waals surface area contributed by atoms with Crippen LogP contribution in [-0.2, 0) is 9.59 Å². The highest BCUT2D eigenvalue weighted by Crippen LogP contribution is 2.40. The SMILES string of the molecule is CCCCOc1ccc(C(O)=C2C(=O)C(=O)N(CCCN(C)C)[C@H]2c2cccnc2)c(C)c1.